The molecule has 8 nitrogen and oxygen atoms in total. The van der Waals surface area contributed by atoms with Gasteiger partial charge in [0.2, 0.25) is 11.8 Å². The predicted molar refractivity (Wildman–Crippen MR) is 137 cm³/mol. The zero-order chi connectivity index (χ0) is 26.5. The van der Waals surface area contributed by atoms with Crippen LogP contribution in [0.2, 0.25) is 0 Å². The maximum atomic E-state index is 13.7. The second-order valence-electron chi connectivity index (χ2n) is 9.47. The summed E-state index contributed by atoms with van der Waals surface area (Å²) < 4.78 is 13.5. The number of carbonyl (C=O) groups excluding carboxylic acids is 3. The van der Waals surface area contributed by atoms with Crippen LogP contribution in [0.25, 0.3) is 0 Å². The van der Waals surface area contributed by atoms with Crippen molar-refractivity contribution in [1.82, 2.24) is 25.1 Å². The average Bonchev–Trinajstić information content (AvgIpc) is 2.90. The number of fused-ring (bicyclic) bond motifs is 1. The van der Waals surface area contributed by atoms with Crippen molar-refractivity contribution in [3.63, 3.8) is 0 Å². The molecule has 2 heterocycles. The molecule has 2 aromatic rings. The normalized spacial score (nSPS) is 20.9. The molecule has 2 aliphatic heterocycles. The number of nitrogens with one attached hydrogen (secondary N) is 1. The Morgan fingerprint density at radius 1 is 1.14 bits per heavy atom. The summed E-state index contributed by atoms with van der Waals surface area (Å²) in [5.41, 5.74) is 1.69. The maximum absolute atomic E-state index is 13.7. The first-order valence-electron chi connectivity index (χ1n) is 12.5. The second-order valence-corrected chi connectivity index (χ2v) is 9.47. The highest BCUT2D eigenvalue weighted by Crippen LogP contribution is 2.31. The molecule has 4 rings (SSSR count). The van der Waals surface area contributed by atoms with Crippen molar-refractivity contribution in [3.8, 4) is 12.3 Å². The molecule has 2 aliphatic rings. The lowest BCUT2D eigenvalue weighted by molar-refractivity contribution is -0.192. The van der Waals surface area contributed by atoms with Gasteiger partial charge in [-0.15, -0.1) is 6.42 Å². The number of hydrogen-bond donors (Lipinski definition) is 1. The minimum Gasteiger partial charge on any atom is -0.333 e. The van der Waals surface area contributed by atoms with Gasteiger partial charge in [0, 0.05) is 13.1 Å². The smallest absolute Gasteiger partial charge is 0.333 e. The van der Waals surface area contributed by atoms with Gasteiger partial charge in [-0.2, -0.15) is 5.01 Å². The van der Waals surface area contributed by atoms with Crippen molar-refractivity contribution in [2.24, 2.45) is 5.92 Å². The number of nitrogens with zero attached hydrogens (tertiary/aromatic N) is 4. The van der Waals surface area contributed by atoms with Gasteiger partial charge in [-0.3, -0.25) is 9.59 Å². The third-order valence-electron chi connectivity index (χ3n) is 7.00. The zero-order valence-corrected chi connectivity index (χ0v) is 21.1. The van der Waals surface area contributed by atoms with Crippen LogP contribution in [0.15, 0.2) is 54.6 Å². The van der Waals surface area contributed by atoms with Gasteiger partial charge < -0.3 is 15.1 Å². The number of amides is 4. The fourth-order valence-electron chi connectivity index (χ4n) is 4.93. The number of rotatable bonds is 7. The Kier molecular flexibility index (Phi) is 8.09. The molecule has 194 valence electrons. The van der Waals surface area contributed by atoms with Crippen molar-refractivity contribution in [2.75, 3.05) is 19.6 Å². The molecule has 2 aromatic carbocycles. The van der Waals surface area contributed by atoms with Gasteiger partial charge in [0.15, 0.2) is 0 Å². The zero-order valence-electron chi connectivity index (χ0n) is 21.1. The van der Waals surface area contributed by atoms with Gasteiger partial charge in [-0.25, -0.2) is 14.2 Å². The summed E-state index contributed by atoms with van der Waals surface area (Å²) in [4.78, 5) is 43.9. The van der Waals surface area contributed by atoms with Crippen molar-refractivity contribution < 1.29 is 18.8 Å². The molecule has 37 heavy (non-hydrogen) atoms. The molecule has 4 amide bonds. The van der Waals surface area contributed by atoms with Gasteiger partial charge in [0.05, 0.1) is 19.6 Å². The summed E-state index contributed by atoms with van der Waals surface area (Å²) in [7, 11) is 0. The maximum Gasteiger partial charge on any atom is 0.334 e. The fourth-order valence-corrected chi connectivity index (χ4v) is 4.93. The van der Waals surface area contributed by atoms with E-state index >= 15 is 0 Å². The second kappa shape index (κ2) is 11.4. The summed E-state index contributed by atoms with van der Waals surface area (Å²) in [5, 5.41) is 5.99. The lowest BCUT2D eigenvalue weighted by Crippen LogP contribution is -2.77. The summed E-state index contributed by atoms with van der Waals surface area (Å²) in [6, 6.07) is 14.3. The molecule has 2 saturated heterocycles. The number of halogens is 1. The Hall–Kier alpha value is -3.90. The van der Waals surface area contributed by atoms with Crippen molar-refractivity contribution in [1.29, 1.82) is 0 Å². The van der Waals surface area contributed by atoms with Crippen LogP contribution in [-0.4, -0.2) is 69.5 Å². The Balaban J connectivity index is 1.67. The average molecular weight is 506 g/mol. The first-order valence-corrected chi connectivity index (χ1v) is 12.5. The monoisotopic (exact) mass is 505 g/mol. The molecule has 0 aliphatic carbocycles. The molecule has 0 saturated carbocycles. The Morgan fingerprint density at radius 2 is 1.84 bits per heavy atom. The van der Waals surface area contributed by atoms with Gasteiger partial charge in [-0.1, -0.05) is 68.7 Å². The van der Waals surface area contributed by atoms with Crippen molar-refractivity contribution >= 4 is 17.8 Å². The topological polar surface area (TPSA) is 76.2 Å². The quantitative estimate of drug-likeness (QED) is 0.588. The largest absolute Gasteiger partial charge is 0.334 e. The van der Waals surface area contributed by atoms with E-state index in [1.165, 1.54) is 17.1 Å². The van der Waals surface area contributed by atoms with E-state index < -0.39 is 18.2 Å². The molecule has 1 unspecified atom stereocenters. The molecule has 0 bridgehead atoms. The number of piperazine rings is 1. The van der Waals surface area contributed by atoms with Crippen molar-refractivity contribution in [2.45, 2.75) is 45.6 Å². The fraction of sp³-hybridized carbons (Fsp3) is 0.393. The Bertz CT molecular complexity index is 1170. The predicted octanol–water partition coefficient (Wildman–Crippen LogP) is 2.81. The minimum atomic E-state index is -0.734. The first kappa shape index (κ1) is 26.2. The van der Waals surface area contributed by atoms with Gasteiger partial charge in [0.25, 0.3) is 0 Å². The number of hydrogen-bond acceptors (Lipinski definition) is 4. The van der Waals surface area contributed by atoms with Crippen LogP contribution < -0.4 is 5.32 Å². The van der Waals surface area contributed by atoms with E-state index in [-0.39, 0.29) is 49.7 Å². The number of urea groups is 1. The molecule has 3 atom stereocenters. The van der Waals surface area contributed by atoms with E-state index in [9.17, 15) is 18.8 Å². The van der Waals surface area contributed by atoms with Crippen LogP contribution in [0.4, 0.5) is 9.18 Å². The highest BCUT2D eigenvalue weighted by Gasteiger charge is 2.52. The van der Waals surface area contributed by atoms with Gasteiger partial charge in [0.1, 0.15) is 18.0 Å². The third kappa shape index (κ3) is 5.59. The van der Waals surface area contributed by atoms with Crippen LogP contribution >= 0.6 is 0 Å². The van der Waals surface area contributed by atoms with Crippen LogP contribution in [0.1, 0.15) is 31.4 Å². The lowest BCUT2D eigenvalue weighted by atomic mass is 9.92. The minimum absolute atomic E-state index is 0.0642. The summed E-state index contributed by atoms with van der Waals surface area (Å²) in [6.45, 7) is 4.51. The SMILES string of the molecule is C#CCN1CC(=O)N2[C@@H](C(C)CC)C(=O)N(Cc3ccc(F)cc3)C[C@@H]2N1C(=O)NCc1ccccc1. The molecule has 0 aromatic heterocycles. The van der Waals surface area contributed by atoms with Gasteiger partial charge >= 0.3 is 6.03 Å². The molecule has 2 fully saturated rings. The number of benzene rings is 2. The Labute approximate surface area is 217 Å². The van der Waals surface area contributed by atoms with Crippen LogP contribution in [0, 0.1) is 24.1 Å². The number of carbonyl (C=O) groups is 3. The van der Waals surface area contributed by atoms with Gasteiger partial charge in [-0.05, 0) is 29.2 Å². The standard InChI is InChI=1S/C28H32FN5O3/c1-4-15-32-19-25(35)33-24(34(32)28(37)30-16-21-9-7-6-8-10-21)18-31(27(36)26(33)20(3)5-2)17-22-11-13-23(29)14-12-22/h1,6-14,20,24,26H,5,15-19H2,2-3H3,(H,30,37)/t20?,24-,26-/m0/s1. The number of terminal acetylenes is 1. The van der Waals surface area contributed by atoms with E-state index in [2.05, 4.69) is 11.2 Å². The summed E-state index contributed by atoms with van der Waals surface area (Å²) >= 11 is 0. The molecule has 1 N–H and O–H groups in total. The molecule has 0 radical (unpaired) electrons. The third-order valence-corrected chi connectivity index (χ3v) is 7.00. The van der Waals surface area contributed by atoms with Crippen LogP contribution in [-0.2, 0) is 22.7 Å². The lowest BCUT2D eigenvalue weighted by Gasteiger charge is -2.55. The number of hydrazine groups is 1. The molecule has 0 spiro atoms. The Morgan fingerprint density at radius 3 is 2.49 bits per heavy atom. The van der Waals surface area contributed by atoms with Crippen molar-refractivity contribution in [3.05, 3.63) is 71.5 Å². The first-order chi connectivity index (χ1) is 17.8. The van der Waals surface area contributed by atoms with E-state index in [0.717, 1.165) is 11.1 Å². The summed E-state index contributed by atoms with van der Waals surface area (Å²) in [5.74, 6) is 1.62. The van der Waals surface area contributed by atoms with Crippen LogP contribution in [0.5, 0.6) is 0 Å². The van der Waals surface area contributed by atoms with Crippen LogP contribution in [0.3, 0.4) is 0 Å². The van der Waals surface area contributed by atoms with E-state index in [1.54, 1.807) is 26.9 Å². The van der Waals surface area contributed by atoms with E-state index in [1.807, 2.05) is 44.2 Å². The van der Waals surface area contributed by atoms with E-state index in [0.29, 0.717) is 13.0 Å². The molecular weight excluding hydrogens is 473 g/mol. The molecule has 9 heteroatoms. The van der Waals surface area contributed by atoms with E-state index in [4.69, 9.17) is 6.42 Å². The molecular formula is C28H32FN5O3. The highest BCUT2D eigenvalue weighted by molar-refractivity contribution is 5.91. The highest BCUT2D eigenvalue weighted by atomic mass is 19.1. The summed E-state index contributed by atoms with van der Waals surface area (Å²) in [6.07, 6.45) is 5.53.